The fraction of sp³-hybridized carbons (Fsp3) is 0.818. The van der Waals surface area contributed by atoms with E-state index in [9.17, 15) is 0 Å². The number of rotatable bonds is 3. The minimum Gasteiger partial charge on any atom is -0.314 e. The molecule has 0 bridgehead atoms. The Labute approximate surface area is 90.9 Å². The van der Waals surface area contributed by atoms with E-state index in [-0.39, 0.29) is 0 Å². The van der Waals surface area contributed by atoms with Crippen LogP contribution in [0.15, 0.2) is 0 Å². The van der Waals surface area contributed by atoms with Crippen molar-refractivity contribution < 1.29 is 0 Å². The van der Waals surface area contributed by atoms with Crippen LogP contribution < -0.4 is 5.32 Å². The van der Waals surface area contributed by atoms with Crippen LogP contribution in [0, 0.1) is 0 Å². The molecule has 1 fully saturated rings. The van der Waals surface area contributed by atoms with Gasteiger partial charge in [0.05, 0.1) is 0 Å². The molecule has 0 aromatic carbocycles. The Hall–Kier alpha value is -0.900. The Kier molecular flexibility index (Phi) is 3.36. The van der Waals surface area contributed by atoms with Gasteiger partial charge in [0.25, 0.3) is 0 Å². The molecule has 2 unspecified atom stereocenters. The zero-order chi connectivity index (χ0) is 10.7. The van der Waals surface area contributed by atoms with Gasteiger partial charge in [0.1, 0.15) is 5.82 Å². The average molecular weight is 208 g/mol. The van der Waals surface area contributed by atoms with Crippen LogP contribution >= 0.6 is 0 Å². The predicted octanol–water partition coefficient (Wildman–Crippen LogP) is 1.61. The van der Waals surface area contributed by atoms with Crippen molar-refractivity contribution >= 4 is 0 Å². The van der Waals surface area contributed by atoms with E-state index < -0.39 is 0 Å². The lowest BCUT2D eigenvalue weighted by atomic mass is 9.93. The van der Waals surface area contributed by atoms with Crippen molar-refractivity contribution in [1.29, 1.82) is 0 Å². The maximum absolute atomic E-state index is 4.56. The van der Waals surface area contributed by atoms with Gasteiger partial charge < -0.3 is 5.32 Å². The highest BCUT2D eigenvalue weighted by molar-refractivity contribution is 5.01. The topological polar surface area (TPSA) is 53.6 Å². The third kappa shape index (κ3) is 2.56. The molecule has 4 heteroatoms. The van der Waals surface area contributed by atoms with Gasteiger partial charge in [-0.25, -0.2) is 4.98 Å². The third-order valence-corrected chi connectivity index (χ3v) is 3.02. The van der Waals surface area contributed by atoms with Gasteiger partial charge in [-0.2, -0.15) is 5.10 Å². The van der Waals surface area contributed by atoms with Crippen molar-refractivity contribution in [1.82, 2.24) is 20.5 Å². The molecule has 1 saturated heterocycles. The number of nitrogens with one attached hydrogen (secondary N) is 2. The molecule has 2 N–H and O–H groups in total. The molecule has 2 heterocycles. The summed E-state index contributed by atoms with van der Waals surface area (Å²) in [5.74, 6) is 2.61. The largest absolute Gasteiger partial charge is 0.314 e. The number of hydrogen-bond donors (Lipinski definition) is 2. The summed E-state index contributed by atoms with van der Waals surface area (Å²) >= 11 is 0. The highest BCUT2D eigenvalue weighted by Gasteiger charge is 2.23. The van der Waals surface area contributed by atoms with Gasteiger partial charge in [-0.1, -0.05) is 6.92 Å². The van der Waals surface area contributed by atoms with E-state index in [1.165, 1.54) is 0 Å². The van der Waals surface area contributed by atoms with Crippen LogP contribution in [-0.2, 0) is 6.42 Å². The molecule has 2 atom stereocenters. The van der Waals surface area contributed by atoms with Crippen LogP contribution in [0.4, 0.5) is 0 Å². The van der Waals surface area contributed by atoms with E-state index in [2.05, 4.69) is 34.3 Å². The summed E-state index contributed by atoms with van der Waals surface area (Å²) in [5.41, 5.74) is 0. The molecule has 0 aliphatic carbocycles. The predicted molar refractivity (Wildman–Crippen MR) is 59.8 cm³/mol. The quantitative estimate of drug-likeness (QED) is 0.793. The molecule has 0 radical (unpaired) electrons. The summed E-state index contributed by atoms with van der Waals surface area (Å²) in [7, 11) is 0. The number of piperidine rings is 1. The average Bonchev–Trinajstić information content (AvgIpc) is 2.67. The Morgan fingerprint density at radius 3 is 3.07 bits per heavy atom. The Bertz CT molecular complexity index is 307. The summed E-state index contributed by atoms with van der Waals surface area (Å²) in [6, 6.07) is 0.594. The van der Waals surface area contributed by atoms with Crippen molar-refractivity contribution in [2.75, 3.05) is 6.54 Å². The van der Waals surface area contributed by atoms with Crippen LogP contribution in [0.25, 0.3) is 0 Å². The number of aromatic amines is 1. The van der Waals surface area contributed by atoms with Gasteiger partial charge in [-0.05, 0) is 32.7 Å². The van der Waals surface area contributed by atoms with Crippen LogP contribution in [-0.4, -0.2) is 27.8 Å². The molecule has 0 amide bonds. The number of nitrogens with zero attached hydrogens (tertiary/aromatic N) is 2. The summed E-state index contributed by atoms with van der Waals surface area (Å²) in [5, 5.41) is 10.8. The van der Waals surface area contributed by atoms with Crippen LogP contribution in [0.2, 0.25) is 0 Å². The SMILES string of the molecule is CCCc1nc(C2CCNC(C)C2)n[nH]1. The van der Waals surface area contributed by atoms with E-state index in [1.807, 2.05) is 0 Å². The van der Waals surface area contributed by atoms with Crippen molar-refractivity contribution in [3.63, 3.8) is 0 Å². The number of hydrogen-bond acceptors (Lipinski definition) is 3. The van der Waals surface area contributed by atoms with E-state index >= 15 is 0 Å². The first-order valence-corrected chi connectivity index (χ1v) is 5.94. The van der Waals surface area contributed by atoms with Crippen LogP contribution in [0.5, 0.6) is 0 Å². The fourth-order valence-electron chi connectivity index (χ4n) is 2.21. The molecule has 1 aliphatic rings. The molecule has 0 spiro atoms. The Morgan fingerprint density at radius 2 is 2.33 bits per heavy atom. The first-order chi connectivity index (χ1) is 7.29. The zero-order valence-electron chi connectivity index (χ0n) is 9.58. The summed E-state index contributed by atoms with van der Waals surface area (Å²) < 4.78 is 0. The molecular formula is C11H20N4. The first-order valence-electron chi connectivity index (χ1n) is 5.94. The lowest BCUT2D eigenvalue weighted by molar-refractivity contribution is 0.371. The van der Waals surface area contributed by atoms with Gasteiger partial charge in [0, 0.05) is 18.4 Å². The molecule has 1 aromatic heterocycles. The molecule has 15 heavy (non-hydrogen) atoms. The van der Waals surface area contributed by atoms with Crippen molar-refractivity contribution in [3.8, 4) is 0 Å². The second-order valence-corrected chi connectivity index (χ2v) is 4.47. The van der Waals surface area contributed by atoms with E-state index in [0.29, 0.717) is 12.0 Å². The van der Waals surface area contributed by atoms with E-state index in [1.54, 1.807) is 0 Å². The monoisotopic (exact) mass is 208 g/mol. The second-order valence-electron chi connectivity index (χ2n) is 4.47. The van der Waals surface area contributed by atoms with Gasteiger partial charge in [-0.3, -0.25) is 5.10 Å². The van der Waals surface area contributed by atoms with Crippen LogP contribution in [0.1, 0.15) is 50.7 Å². The molecule has 0 saturated carbocycles. The standard InChI is InChI=1S/C11H20N4/c1-3-4-10-13-11(15-14-10)9-5-6-12-8(2)7-9/h8-9,12H,3-7H2,1-2H3,(H,13,14,15). The smallest absolute Gasteiger partial charge is 0.153 e. The van der Waals surface area contributed by atoms with Gasteiger partial charge in [0.15, 0.2) is 5.82 Å². The highest BCUT2D eigenvalue weighted by Crippen LogP contribution is 2.24. The molecule has 84 valence electrons. The highest BCUT2D eigenvalue weighted by atomic mass is 15.2. The van der Waals surface area contributed by atoms with E-state index in [4.69, 9.17) is 0 Å². The minimum atomic E-state index is 0.545. The van der Waals surface area contributed by atoms with E-state index in [0.717, 1.165) is 43.9 Å². The number of aryl methyl sites for hydroxylation is 1. The van der Waals surface area contributed by atoms with Crippen molar-refractivity contribution in [3.05, 3.63) is 11.6 Å². The first kappa shape index (κ1) is 10.6. The molecule has 2 rings (SSSR count). The number of H-pyrrole nitrogens is 1. The lowest BCUT2D eigenvalue weighted by Crippen LogP contribution is -2.35. The van der Waals surface area contributed by atoms with Crippen molar-refractivity contribution in [2.45, 2.75) is 51.5 Å². The van der Waals surface area contributed by atoms with Gasteiger partial charge >= 0.3 is 0 Å². The van der Waals surface area contributed by atoms with Gasteiger partial charge in [0.2, 0.25) is 0 Å². The maximum Gasteiger partial charge on any atom is 0.153 e. The Balaban J connectivity index is 2.01. The normalized spacial score (nSPS) is 26.8. The molecular weight excluding hydrogens is 188 g/mol. The van der Waals surface area contributed by atoms with Gasteiger partial charge in [-0.15, -0.1) is 0 Å². The van der Waals surface area contributed by atoms with Crippen molar-refractivity contribution in [2.24, 2.45) is 0 Å². The number of aromatic nitrogens is 3. The second kappa shape index (κ2) is 4.75. The zero-order valence-corrected chi connectivity index (χ0v) is 9.58. The fourth-order valence-corrected chi connectivity index (χ4v) is 2.21. The lowest BCUT2D eigenvalue weighted by Gasteiger charge is -2.25. The summed E-state index contributed by atoms with van der Waals surface area (Å²) in [6.07, 6.45) is 4.45. The van der Waals surface area contributed by atoms with Crippen LogP contribution in [0.3, 0.4) is 0 Å². The molecule has 1 aliphatic heterocycles. The molecule has 4 nitrogen and oxygen atoms in total. The minimum absolute atomic E-state index is 0.545. The third-order valence-electron chi connectivity index (χ3n) is 3.02. The molecule has 1 aromatic rings. The Morgan fingerprint density at radius 1 is 1.47 bits per heavy atom. The maximum atomic E-state index is 4.56. The summed E-state index contributed by atoms with van der Waals surface area (Å²) in [6.45, 7) is 5.48. The summed E-state index contributed by atoms with van der Waals surface area (Å²) in [4.78, 5) is 4.56.